The molecular weight excluding hydrogens is 396 g/mol. The zero-order chi connectivity index (χ0) is 23.4. The van der Waals surface area contributed by atoms with E-state index in [4.69, 9.17) is 13.9 Å². The summed E-state index contributed by atoms with van der Waals surface area (Å²) in [5.41, 5.74) is -1.14. The van der Waals surface area contributed by atoms with Crippen molar-refractivity contribution in [3.05, 3.63) is 11.3 Å². The minimum atomic E-state index is -2.12. The maximum Gasteiger partial charge on any atom is 0.344 e. The van der Waals surface area contributed by atoms with Crippen molar-refractivity contribution in [1.29, 1.82) is 0 Å². The summed E-state index contributed by atoms with van der Waals surface area (Å²) in [7, 11) is -0.813. The predicted molar refractivity (Wildman–Crippen MR) is 121 cm³/mol. The largest absolute Gasteiger partial charge is 0.488 e. The van der Waals surface area contributed by atoms with Gasteiger partial charge in [0.25, 0.3) is 0 Å². The summed E-state index contributed by atoms with van der Waals surface area (Å²) in [5, 5.41) is 0.0416. The minimum absolute atomic E-state index is 0.0416. The molecule has 0 aromatic heterocycles. The minimum Gasteiger partial charge on any atom is -0.488 e. The van der Waals surface area contributed by atoms with E-state index in [0.29, 0.717) is 11.7 Å². The van der Waals surface area contributed by atoms with Gasteiger partial charge in [0.1, 0.15) is 16.9 Å². The van der Waals surface area contributed by atoms with Crippen LogP contribution in [0.15, 0.2) is 11.3 Å². The average Bonchev–Trinajstić information content (AvgIpc) is 2.54. The number of esters is 1. The lowest BCUT2D eigenvalue weighted by molar-refractivity contribution is -0.203. The highest BCUT2D eigenvalue weighted by molar-refractivity contribution is 6.74. The molecule has 6 heteroatoms. The molecule has 1 aliphatic carbocycles. The Bertz CT molecular complexity index is 743. The molecule has 0 aromatic carbocycles. The van der Waals surface area contributed by atoms with Gasteiger partial charge in [0.15, 0.2) is 14.1 Å². The zero-order valence-electron chi connectivity index (χ0n) is 21.1. The molecule has 0 spiro atoms. The highest BCUT2D eigenvalue weighted by Gasteiger charge is 2.65. The molecular formula is C24H42O5Si. The molecule has 30 heavy (non-hydrogen) atoms. The van der Waals surface area contributed by atoms with Gasteiger partial charge in [0.2, 0.25) is 0 Å². The van der Waals surface area contributed by atoms with Gasteiger partial charge in [-0.05, 0) is 55.7 Å². The first-order chi connectivity index (χ1) is 13.4. The van der Waals surface area contributed by atoms with E-state index >= 15 is 0 Å². The Morgan fingerprint density at radius 1 is 1.20 bits per heavy atom. The number of ketones is 1. The van der Waals surface area contributed by atoms with E-state index in [1.54, 1.807) is 6.92 Å². The number of hydrogen-bond acceptors (Lipinski definition) is 5. The Morgan fingerprint density at radius 2 is 1.73 bits per heavy atom. The number of carbonyl (C=O) groups excluding carboxylic acids is 2. The van der Waals surface area contributed by atoms with E-state index in [1.807, 2.05) is 6.92 Å². The number of ether oxygens (including phenoxy) is 2. The van der Waals surface area contributed by atoms with Crippen LogP contribution in [0.2, 0.25) is 18.1 Å². The lowest BCUT2D eigenvalue weighted by atomic mass is 9.51. The Morgan fingerprint density at radius 3 is 2.17 bits per heavy atom. The van der Waals surface area contributed by atoms with E-state index in [0.717, 1.165) is 6.42 Å². The van der Waals surface area contributed by atoms with Crippen LogP contribution in [0, 0.1) is 23.2 Å². The number of hydrogen-bond donors (Lipinski definition) is 0. The monoisotopic (exact) mass is 438 g/mol. The first-order valence-corrected chi connectivity index (χ1v) is 14.0. The van der Waals surface area contributed by atoms with E-state index in [-0.39, 0.29) is 33.8 Å². The second-order valence-corrected chi connectivity index (χ2v) is 16.5. The van der Waals surface area contributed by atoms with Crippen molar-refractivity contribution in [2.45, 2.75) is 98.6 Å². The molecule has 172 valence electrons. The molecule has 1 saturated carbocycles. The SMILES string of the molecule is COC(=O)C1=C(C)O[C@]2(C)C(O[Si](C)(C)C(C)(C)C)C[C@@H](C(C)C)C(C)(C)[C@H]2C1=O. The standard InChI is InChI=1S/C24H42O5Si/c1-14(2)16-13-17(29-30(11,12)22(4,5)6)24(9)20(23(16,7)8)19(25)18(15(3)28-24)21(26)27-10/h14,16-17,20H,13H2,1-12H3/t16-,17?,20+,24+/m0/s1. The Hall–Kier alpha value is -1.14. The van der Waals surface area contributed by atoms with E-state index in [1.165, 1.54) is 7.11 Å². The molecule has 1 heterocycles. The van der Waals surface area contributed by atoms with Gasteiger partial charge in [-0.25, -0.2) is 4.79 Å². The highest BCUT2D eigenvalue weighted by Crippen LogP contribution is 2.58. The quantitative estimate of drug-likeness (QED) is 0.329. The van der Waals surface area contributed by atoms with Gasteiger partial charge in [0.05, 0.1) is 19.1 Å². The number of allylic oxidation sites excluding steroid dienone is 1. The number of methoxy groups -OCH3 is 1. The first kappa shape index (κ1) is 25.1. The summed E-state index contributed by atoms with van der Waals surface area (Å²) < 4.78 is 18.3. The third kappa shape index (κ3) is 3.90. The summed E-state index contributed by atoms with van der Waals surface area (Å²) in [6.07, 6.45) is 0.611. The predicted octanol–water partition coefficient (Wildman–Crippen LogP) is 5.50. The summed E-state index contributed by atoms with van der Waals surface area (Å²) in [5.74, 6) is -0.310. The summed E-state index contributed by atoms with van der Waals surface area (Å²) in [6.45, 7) is 23.5. The number of carbonyl (C=O) groups is 2. The van der Waals surface area contributed by atoms with E-state index in [2.05, 4.69) is 61.6 Å². The normalized spacial score (nSPS) is 32.0. The Balaban J connectivity index is 2.67. The molecule has 5 nitrogen and oxygen atoms in total. The molecule has 0 N–H and O–H groups in total. The van der Waals surface area contributed by atoms with Crippen LogP contribution in [0.3, 0.4) is 0 Å². The number of rotatable bonds is 4. The highest BCUT2D eigenvalue weighted by atomic mass is 28.4. The van der Waals surface area contributed by atoms with Crippen LogP contribution in [0.1, 0.15) is 68.7 Å². The molecule has 0 radical (unpaired) electrons. The van der Waals surface area contributed by atoms with Gasteiger partial charge in [-0.15, -0.1) is 0 Å². The zero-order valence-corrected chi connectivity index (χ0v) is 22.1. The van der Waals surface area contributed by atoms with Crippen molar-refractivity contribution in [3.8, 4) is 0 Å². The molecule has 1 aliphatic heterocycles. The number of fused-ring (bicyclic) bond motifs is 1. The van der Waals surface area contributed by atoms with Crippen LogP contribution >= 0.6 is 0 Å². The second kappa shape index (κ2) is 7.77. The lowest BCUT2D eigenvalue weighted by Crippen LogP contribution is -2.67. The molecule has 4 atom stereocenters. The molecule has 1 fully saturated rings. The maximum atomic E-state index is 13.8. The number of Topliss-reactive ketones (excluding diaryl/α,β-unsaturated/α-hetero) is 1. The van der Waals surface area contributed by atoms with Gasteiger partial charge < -0.3 is 13.9 Å². The Labute approximate surface area is 184 Å². The third-order valence-corrected chi connectivity index (χ3v) is 12.5. The van der Waals surface area contributed by atoms with Crippen LogP contribution in [-0.4, -0.2) is 38.9 Å². The summed E-state index contributed by atoms with van der Waals surface area (Å²) in [6, 6.07) is 0. The third-order valence-electron chi connectivity index (χ3n) is 8.05. The molecule has 2 rings (SSSR count). The van der Waals surface area contributed by atoms with Gasteiger partial charge >= 0.3 is 5.97 Å². The van der Waals surface area contributed by atoms with E-state index < -0.39 is 25.8 Å². The van der Waals surface area contributed by atoms with Crippen LogP contribution < -0.4 is 0 Å². The van der Waals surface area contributed by atoms with Crippen LogP contribution in [-0.2, 0) is 23.5 Å². The van der Waals surface area contributed by atoms with Gasteiger partial charge in [-0.1, -0.05) is 48.5 Å². The average molecular weight is 439 g/mol. The fourth-order valence-corrected chi connectivity index (χ4v) is 6.90. The van der Waals surface area contributed by atoms with Crippen LogP contribution in [0.25, 0.3) is 0 Å². The van der Waals surface area contributed by atoms with E-state index in [9.17, 15) is 9.59 Å². The molecule has 1 unspecified atom stereocenters. The van der Waals surface area contributed by atoms with Crippen molar-refractivity contribution in [3.63, 3.8) is 0 Å². The second-order valence-electron chi connectivity index (χ2n) is 11.8. The van der Waals surface area contributed by atoms with Crippen molar-refractivity contribution in [2.75, 3.05) is 7.11 Å². The summed E-state index contributed by atoms with van der Waals surface area (Å²) >= 11 is 0. The topological polar surface area (TPSA) is 61.8 Å². The molecule has 0 aromatic rings. The molecule has 0 amide bonds. The van der Waals surface area contributed by atoms with Gasteiger partial charge in [-0.3, -0.25) is 4.79 Å². The maximum absolute atomic E-state index is 13.8. The van der Waals surface area contributed by atoms with Crippen molar-refractivity contribution >= 4 is 20.1 Å². The molecule has 0 bridgehead atoms. The smallest absolute Gasteiger partial charge is 0.344 e. The van der Waals surface area contributed by atoms with Crippen LogP contribution in [0.5, 0.6) is 0 Å². The van der Waals surface area contributed by atoms with Crippen LogP contribution in [0.4, 0.5) is 0 Å². The first-order valence-electron chi connectivity index (χ1n) is 11.1. The van der Waals surface area contributed by atoms with Gasteiger partial charge in [-0.2, -0.15) is 0 Å². The van der Waals surface area contributed by atoms with Crippen molar-refractivity contribution < 1.29 is 23.5 Å². The summed E-state index contributed by atoms with van der Waals surface area (Å²) in [4.78, 5) is 26.2. The fourth-order valence-electron chi connectivity index (χ4n) is 5.50. The lowest BCUT2D eigenvalue weighted by Gasteiger charge is -2.60. The Kier molecular flexibility index (Phi) is 6.51. The molecule has 0 saturated heterocycles. The van der Waals surface area contributed by atoms with Crippen molar-refractivity contribution in [2.24, 2.45) is 23.2 Å². The molecule has 2 aliphatic rings. The fraction of sp³-hybridized carbons (Fsp3) is 0.833. The van der Waals surface area contributed by atoms with Gasteiger partial charge in [0, 0.05) is 0 Å². The van der Waals surface area contributed by atoms with Crippen molar-refractivity contribution in [1.82, 2.24) is 0 Å².